The molecule has 0 aliphatic carbocycles. The third kappa shape index (κ3) is 3.90. The molecule has 2 N–H and O–H groups in total. The van der Waals surface area contributed by atoms with Crippen molar-refractivity contribution in [3.8, 4) is 11.1 Å². The first-order chi connectivity index (χ1) is 11.0. The number of anilines is 1. The number of hydrogen-bond donors (Lipinski definition) is 2. The van der Waals surface area contributed by atoms with Crippen LogP contribution in [0.4, 0.5) is 10.5 Å². The van der Waals surface area contributed by atoms with Gasteiger partial charge in [0.2, 0.25) is 0 Å². The van der Waals surface area contributed by atoms with Gasteiger partial charge >= 0.3 is 6.03 Å². The van der Waals surface area contributed by atoms with Gasteiger partial charge in [-0.2, -0.15) is 0 Å². The third-order valence-corrected chi connectivity index (χ3v) is 5.60. The molecule has 6 heteroatoms. The second-order valence-electron chi connectivity index (χ2n) is 5.61. The topological polar surface area (TPSA) is 75.3 Å². The number of nitrogens with one attached hydrogen (secondary N) is 2. The van der Waals surface area contributed by atoms with Crippen LogP contribution in [-0.2, 0) is 9.84 Å². The summed E-state index contributed by atoms with van der Waals surface area (Å²) in [5, 5.41) is 5.55. The van der Waals surface area contributed by atoms with Gasteiger partial charge in [-0.05, 0) is 18.1 Å². The summed E-state index contributed by atoms with van der Waals surface area (Å²) in [7, 11) is -3.01. The molecule has 2 aromatic rings. The van der Waals surface area contributed by atoms with E-state index >= 15 is 0 Å². The first-order valence-electron chi connectivity index (χ1n) is 7.46. The van der Waals surface area contributed by atoms with Crippen molar-refractivity contribution < 1.29 is 13.2 Å². The van der Waals surface area contributed by atoms with Gasteiger partial charge in [-0.25, -0.2) is 13.2 Å². The van der Waals surface area contributed by atoms with E-state index in [9.17, 15) is 13.2 Å². The van der Waals surface area contributed by atoms with Gasteiger partial charge in [0.15, 0.2) is 9.84 Å². The summed E-state index contributed by atoms with van der Waals surface area (Å²) >= 11 is 0. The lowest BCUT2D eigenvalue weighted by molar-refractivity contribution is 0.249. The smallest absolute Gasteiger partial charge is 0.319 e. The summed E-state index contributed by atoms with van der Waals surface area (Å²) in [6, 6.07) is 16.6. The lowest BCUT2D eigenvalue weighted by atomic mass is 10.0. The Bertz CT molecular complexity index is 804. The molecule has 1 heterocycles. The monoisotopic (exact) mass is 330 g/mol. The number of urea groups is 1. The van der Waals surface area contributed by atoms with Gasteiger partial charge in [0.1, 0.15) is 0 Å². The van der Waals surface area contributed by atoms with Gasteiger partial charge in [-0.1, -0.05) is 48.5 Å². The molecule has 1 aliphatic heterocycles. The maximum absolute atomic E-state index is 12.1. The lowest BCUT2D eigenvalue weighted by Crippen LogP contribution is -2.38. The number of benzene rings is 2. The van der Waals surface area contributed by atoms with Crippen molar-refractivity contribution in [2.24, 2.45) is 0 Å². The van der Waals surface area contributed by atoms with Gasteiger partial charge in [-0.3, -0.25) is 0 Å². The zero-order valence-corrected chi connectivity index (χ0v) is 13.3. The maximum Gasteiger partial charge on any atom is 0.319 e. The molecule has 2 aromatic carbocycles. The van der Waals surface area contributed by atoms with Crippen molar-refractivity contribution >= 4 is 21.6 Å². The molecule has 0 saturated carbocycles. The summed E-state index contributed by atoms with van der Waals surface area (Å²) < 4.78 is 22.9. The molecular formula is C17H18N2O3S. The number of carbonyl (C=O) groups is 1. The Morgan fingerprint density at radius 1 is 1.00 bits per heavy atom. The minimum absolute atomic E-state index is 0.0146. The number of carbonyl (C=O) groups excluding carboxylic acids is 1. The Morgan fingerprint density at radius 3 is 2.39 bits per heavy atom. The molecule has 23 heavy (non-hydrogen) atoms. The van der Waals surface area contributed by atoms with Gasteiger partial charge in [0.05, 0.1) is 17.2 Å². The number of hydrogen-bond acceptors (Lipinski definition) is 3. The van der Waals surface area contributed by atoms with E-state index in [2.05, 4.69) is 10.6 Å². The summed E-state index contributed by atoms with van der Waals surface area (Å²) in [5.74, 6) is 0.152. The minimum atomic E-state index is -3.01. The number of para-hydroxylation sites is 1. The van der Waals surface area contributed by atoms with E-state index in [0.717, 1.165) is 11.1 Å². The van der Waals surface area contributed by atoms with Crippen LogP contribution in [0.3, 0.4) is 0 Å². The second-order valence-corrected chi connectivity index (χ2v) is 7.84. The fourth-order valence-electron chi connectivity index (χ4n) is 2.71. The molecule has 0 radical (unpaired) electrons. The van der Waals surface area contributed by atoms with Gasteiger partial charge in [0.25, 0.3) is 0 Å². The summed E-state index contributed by atoms with van der Waals surface area (Å²) in [6.07, 6.45) is 0.468. The lowest BCUT2D eigenvalue weighted by Gasteiger charge is -2.14. The Kier molecular flexibility index (Phi) is 4.34. The van der Waals surface area contributed by atoms with Crippen LogP contribution in [-0.4, -0.2) is 32.0 Å². The van der Waals surface area contributed by atoms with Crippen LogP contribution in [0.15, 0.2) is 54.6 Å². The number of amides is 2. The summed E-state index contributed by atoms with van der Waals surface area (Å²) in [6.45, 7) is 0. The van der Waals surface area contributed by atoms with Crippen molar-refractivity contribution in [1.82, 2.24) is 5.32 Å². The molecule has 0 spiro atoms. The maximum atomic E-state index is 12.1. The second kappa shape index (κ2) is 6.42. The fraction of sp³-hybridized carbons (Fsp3) is 0.235. The average Bonchev–Trinajstić information content (AvgIpc) is 2.87. The Balaban J connectivity index is 1.72. The first kappa shape index (κ1) is 15.6. The van der Waals surface area contributed by atoms with Gasteiger partial charge in [-0.15, -0.1) is 0 Å². The quantitative estimate of drug-likeness (QED) is 0.908. The number of rotatable bonds is 3. The first-order valence-corrected chi connectivity index (χ1v) is 9.28. The van der Waals surface area contributed by atoms with Crippen LogP contribution in [0.5, 0.6) is 0 Å². The Hall–Kier alpha value is -2.34. The predicted octanol–water partition coefficient (Wildman–Crippen LogP) is 2.66. The van der Waals surface area contributed by atoms with Crippen molar-refractivity contribution in [3.63, 3.8) is 0 Å². The van der Waals surface area contributed by atoms with E-state index in [-0.39, 0.29) is 23.6 Å². The largest absolute Gasteiger partial charge is 0.334 e. The molecule has 3 rings (SSSR count). The molecule has 1 unspecified atom stereocenters. The molecule has 2 amide bonds. The molecule has 0 bridgehead atoms. The average molecular weight is 330 g/mol. The molecule has 120 valence electrons. The summed E-state index contributed by atoms with van der Waals surface area (Å²) in [4.78, 5) is 12.1. The molecule has 0 aromatic heterocycles. The Morgan fingerprint density at radius 2 is 1.70 bits per heavy atom. The van der Waals surface area contributed by atoms with Crippen molar-refractivity contribution in [2.75, 3.05) is 16.8 Å². The van der Waals surface area contributed by atoms with E-state index < -0.39 is 9.84 Å². The van der Waals surface area contributed by atoms with E-state index in [1.165, 1.54) is 0 Å². The van der Waals surface area contributed by atoms with Crippen LogP contribution in [0.2, 0.25) is 0 Å². The highest BCUT2D eigenvalue weighted by molar-refractivity contribution is 7.91. The van der Waals surface area contributed by atoms with Gasteiger partial charge in [0, 0.05) is 11.6 Å². The van der Waals surface area contributed by atoms with Crippen LogP contribution in [0, 0.1) is 0 Å². The van der Waals surface area contributed by atoms with E-state index in [1.54, 1.807) is 0 Å². The molecular weight excluding hydrogens is 312 g/mol. The molecule has 1 aliphatic rings. The highest BCUT2D eigenvalue weighted by atomic mass is 32.2. The van der Waals surface area contributed by atoms with Crippen molar-refractivity contribution in [2.45, 2.75) is 12.5 Å². The zero-order chi connectivity index (χ0) is 16.3. The van der Waals surface area contributed by atoms with E-state index in [0.29, 0.717) is 12.1 Å². The van der Waals surface area contributed by atoms with E-state index in [1.807, 2.05) is 54.6 Å². The Labute approximate surface area is 135 Å². The molecule has 1 atom stereocenters. The van der Waals surface area contributed by atoms with Crippen LogP contribution in [0.25, 0.3) is 11.1 Å². The molecule has 1 fully saturated rings. The molecule has 1 saturated heterocycles. The third-order valence-electron chi connectivity index (χ3n) is 3.83. The standard InChI is InChI=1S/C17H18N2O3S/c20-17(18-14-10-11-23(21,22)12-14)19-16-9-5-4-8-15(16)13-6-2-1-3-7-13/h1-9,14H,10-12H2,(H2,18,19,20). The minimum Gasteiger partial charge on any atom is -0.334 e. The van der Waals surface area contributed by atoms with E-state index in [4.69, 9.17) is 0 Å². The highest BCUT2D eigenvalue weighted by Gasteiger charge is 2.28. The van der Waals surface area contributed by atoms with Crippen LogP contribution >= 0.6 is 0 Å². The SMILES string of the molecule is O=C(Nc1ccccc1-c1ccccc1)NC1CCS(=O)(=O)C1. The van der Waals surface area contributed by atoms with Crippen molar-refractivity contribution in [1.29, 1.82) is 0 Å². The van der Waals surface area contributed by atoms with Crippen molar-refractivity contribution in [3.05, 3.63) is 54.6 Å². The zero-order valence-electron chi connectivity index (χ0n) is 12.5. The summed E-state index contributed by atoms with van der Waals surface area (Å²) in [5.41, 5.74) is 2.62. The normalized spacial score (nSPS) is 19.2. The number of sulfone groups is 1. The van der Waals surface area contributed by atoms with Gasteiger partial charge < -0.3 is 10.6 Å². The van der Waals surface area contributed by atoms with Crippen LogP contribution in [0.1, 0.15) is 6.42 Å². The van der Waals surface area contributed by atoms with Crippen LogP contribution < -0.4 is 10.6 Å². The predicted molar refractivity (Wildman–Crippen MR) is 91.1 cm³/mol. The highest BCUT2D eigenvalue weighted by Crippen LogP contribution is 2.27. The fourth-order valence-corrected chi connectivity index (χ4v) is 4.39. The molecule has 5 nitrogen and oxygen atoms in total.